The molecule has 1 aliphatic rings. The largest absolute Gasteiger partial charge is 0.493 e. The third kappa shape index (κ3) is 3.98. The van der Waals surface area contributed by atoms with Crippen molar-refractivity contribution in [3.05, 3.63) is 48.0 Å². The smallest absolute Gasteiger partial charge is 0.325 e. The summed E-state index contributed by atoms with van der Waals surface area (Å²) in [5.41, 5.74) is 0.329. The van der Waals surface area contributed by atoms with Crippen molar-refractivity contribution in [3.63, 3.8) is 0 Å². The zero-order chi connectivity index (χ0) is 20.3. The fourth-order valence-corrected chi connectivity index (χ4v) is 2.92. The molecule has 28 heavy (non-hydrogen) atoms. The van der Waals surface area contributed by atoms with Crippen LogP contribution in [0, 0.1) is 11.6 Å². The van der Waals surface area contributed by atoms with Crippen molar-refractivity contribution in [2.45, 2.75) is 0 Å². The van der Waals surface area contributed by atoms with Gasteiger partial charge in [-0.1, -0.05) is 0 Å². The topological polar surface area (TPSA) is 71.1 Å². The van der Waals surface area contributed by atoms with E-state index in [0.717, 1.165) is 18.2 Å². The molecule has 3 amide bonds. The van der Waals surface area contributed by atoms with Gasteiger partial charge in [0.25, 0.3) is 0 Å². The third-order valence-electron chi connectivity index (χ3n) is 4.31. The minimum Gasteiger partial charge on any atom is -0.493 e. The van der Waals surface area contributed by atoms with E-state index in [-0.39, 0.29) is 18.3 Å². The molecule has 1 saturated heterocycles. The second-order valence-corrected chi connectivity index (χ2v) is 6.07. The molecule has 3 rings (SSSR count). The third-order valence-corrected chi connectivity index (χ3v) is 4.31. The molecule has 0 saturated carbocycles. The Labute approximate surface area is 160 Å². The van der Waals surface area contributed by atoms with Gasteiger partial charge in [0.15, 0.2) is 11.5 Å². The number of carbonyl (C=O) groups excluding carboxylic acids is 2. The van der Waals surface area contributed by atoms with E-state index in [4.69, 9.17) is 9.47 Å². The van der Waals surface area contributed by atoms with E-state index in [0.29, 0.717) is 30.3 Å². The van der Waals surface area contributed by atoms with Crippen LogP contribution in [0.3, 0.4) is 0 Å². The molecule has 0 radical (unpaired) electrons. The summed E-state index contributed by atoms with van der Waals surface area (Å²) < 4.78 is 37.3. The summed E-state index contributed by atoms with van der Waals surface area (Å²) >= 11 is 0. The van der Waals surface area contributed by atoms with Crippen LogP contribution in [0.25, 0.3) is 0 Å². The van der Waals surface area contributed by atoms with Gasteiger partial charge in [-0.05, 0) is 24.3 Å². The Balaban J connectivity index is 1.67. The van der Waals surface area contributed by atoms with E-state index >= 15 is 0 Å². The molecular formula is C19H19F2N3O4. The van der Waals surface area contributed by atoms with Crippen LogP contribution in [-0.4, -0.2) is 50.7 Å². The Morgan fingerprint density at radius 3 is 2.54 bits per heavy atom. The molecule has 1 fully saturated rings. The quantitative estimate of drug-likeness (QED) is 0.822. The minimum absolute atomic E-state index is 0.270. The van der Waals surface area contributed by atoms with Crippen molar-refractivity contribution in [1.29, 1.82) is 0 Å². The molecule has 0 aliphatic carbocycles. The van der Waals surface area contributed by atoms with Crippen molar-refractivity contribution in [2.75, 3.05) is 44.1 Å². The summed E-state index contributed by atoms with van der Waals surface area (Å²) in [6, 6.07) is 7.45. The molecule has 0 aromatic heterocycles. The van der Waals surface area contributed by atoms with E-state index in [1.54, 1.807) is 18.2 Å². The number of anilines is 2. The molecule has 0 bridgehead atoms. The highest BCUT2D eigenvalue weighted by molar-refractivity contribution is 5.99. The number of ether oxygens (including phenoxy) is 2. The highest BCUT2D eigenvalue weighted by Crippen LogP contribution is 2.32. The number of amides is 3. The van der Waals surface area contributed by atoms with E-state index in [1.807, 2.05) is 0 Å². The van der Waals surface area contributed by atoms with Crippen molar-refractivity contribution < 1.29 is 27.8 Å². The van der Waals surface area contributed by atoms with Crippen molar-refractivity contribution in [1.82, 2.24) is 4.90 Å². The number of rotatable bonds is 6. The SMILES string of the molecule is COc1ccc(N2CCN(CC(=O)Nc3cc(F)ccc3F)C2=O)cc1OC. The summed E-state index contributed by atoms with van der Waals surface area (Å²) in [6.45, 7) is 0.404. The lowest BCUT2D eigenvalue weighted by molar-refractivity contribution is -0.116. The number of nitrogens with one attached hydrogen (secondary N) is 1. The van der Waals surface area contributed by atoms with Crippen LogP contribution >= 0.6 is 0 Å². The molecule has 2 aromatic carbocycles. The fourth-order valence-electron chi connectivity index (χ4n) is 2.92. The van der Waals surface area contributed by atoms with Crippen molar-refractivity contribution in [2.24, 2.45) is 0 Å². The molecule has 9 heteroatoms. The zero-order valence-corrected chi connectivity index (χ0v) is 15.4. The monoisotopic (exact) mass is 391 g/mol. The number of hydrogen-bond donors (Lipinski definition) is 1. The summed E-state index contributed by atoms with van der Waals surface area (Å²) in [5.74, 6) is -1.04. The molecule has 2 aromatic rings. The van der Waals surface area contributed by atoms with E-state index in [1.165, 1.54) is 24.0 Å². The van der Waals surface area contributed by atoms with Gasteiger partial charge in [-0.25, -0.2) is 13.6 Å². The number of hydrogen-bond acceptors (Lipinski definition) is 4. The Bertz CT molecular complexity index is 907. The zero-order valence-electron chi connectivity index (χ0n) is 15.4. The number of nitrogens with zero attached hydrogens (tertiary/aromatic N) is 2. The van der Waals surface area contributed by atoms with Crippen LogP contribution in [-0.2, 0) is 4.79 Å². The highest BCUT2D eigenvalue weighted by Gasteiger charge is 2.31. The van der Waals surface area contributed by atoms with E-state index in [9.17, 15) is 18.4 Å². The first-order valence-corrected chi connectivity index (χ1v) is 8.46. The Hall–Kier alpha value is -3.36. The standard InChI is InChI=1S/C19H19F2N3O4/c1-27-16-6-4-13(10-17(16)28-2)24-8-7-23(19(24)26)11-18(25)22-15-9-12(20)3-5-14(15)21/h3-6,9-10H,7-8,11H2,1-2H3,(H,22,25). The number of carbonyl (C=O) groups is 2. The molecule has 0 unspecified atom stereocenters. The van der Waals surface area contributed by atoms with Gasteiger partial charge in [0.05, 0.1) is 19.9 Å². The normalized spacial score (nSPS) is 13.6. The number of halogens is 2. The van der Waals surface area contributed by atoms with Crippen LogP contribution in [0.2, 0.25) is 0 Å². The predicted molar refractivity (Wildman–Crippen MR) is 98.8 cm³/mol. The van der Waals surface area contributed by atoms with Gasteiger partial charge < -0.3 is 19.7 Å². The predicted octanol–water partition coefficient (Wildman–Crippen LogP) is 2.86. The maximum atomic E-state index is 13.6. The van der Waals surface area contributed by atoms with Crippen LogP contribution in [0.4, 0.5) is 25.0 Å². The van der Waals surface area contributed by atoms with Crippen LogP contribution in [0.1, 0.15) is 0 Å². The Kier molecular flexibility index (Phi) is 5.62. The van der Waals surface area contributed by atoms with E-state index < -0.39 is 17.5 Å². The van der Waals surface area contributed by atoms with Gasteiger partial charge in [-0.2, -0.15) is 0 Å². The minimum atomic E-state index is -0.755. The Morgan fingerprint density at radius 2 is 1.82 bits per heavy atom. The summed E-state index contributed by atoms with van der Waals surface area (Å²) in [4.78, 5) is 27.6. The first-order chi connectivity index (χ1) is 13.4. The second kappa shape index (κ2) is 8.12. The van der Waals surface area contributed by atoms with Gasteiger partial charge >= 0.3 is 6.03 Å². The van der Waals surface area contributed by atoms with Gasteiger partial charge in [-0.15, -0.1) is 0 Å². The molecule has 0 spiro atoms. The second-order valence-electron chi connectivity index (χ2n) is 6.07. The maximum absolute atomic E-state index is 13.6. The first-order valence-electron chi connectivity index (χ1n) is 8.46. The van der Waals surface area contributed by atoms with E-state index in [2.05, 4.69) is 5.32 Å². The highest BCUT2D eigenvalue weighted by atomic mass is 19.1. The lowest BCUT2D eigenvalue weighted by atomic mass is 10.2. The van der Waals surface area contributed by atoms with Crippen LogP contribution < -0.4 is 19.7 Å². The molecule has 1 aliphatic heterocycles. The van der Waals surface area contributed by atoms with Gasteiger partial charge in [0.1, 0.15) is 18.2 Å². The molecule has 0 atom stereocenters. The summed E-state index contributed by atoms with van der Waals surface area (Å²) in [6.07, 6.45) is 0. The average Bonchev–Trinajstić information content (AvgIpc) is 3.04. The van der Waals surface area contributed by atoms with Crippen LogP contribution in [0.5, 0.6) is 11.5 Å². The molecule has 1 N–H and O–H groups in total. The number of methoxy groups -OCH3 is 2. The van der Waals surface area contributed by atoms with Crippen LogP contribution in [0.15, 0.2) is 36.4 Å². The first kappa shape index (κ1) is 19.4. The summed E-state index contributed by atoms with van der Waals surface area (Å²) in [7, 11) is 3.01. The maximum Gasteiger partial charge on any atom is 0.325 e. The molecule has 7 nitrogen and oxygen atoms in total. The van der Waals surface area contributed by atoms with Crippen molar-refractivity contribution >= 4 is 23.3 Å². The molecular weight excluding hydrogens is 372 g/mol. The van der Waals surface area contributed by atoms with Gasteiger partial charge in [-0.3, -0.25) is 9.69 Å². The Morgan fingerprint density at radius 1 is 1.07 bits per heavy atom. The summed E-state index contributed by atoms with van der Waals surface area (Å²) in [5, 5.41) is 2.28. The van der Waals surface area contributed by atoms with Gasteiger partial charge in [0, 0.05) is 30.9 Å². The number of urea groups is 1. The average molecular weight is 391 g/mol. The number of benzene rings is 2. The lowest BCUT2D eigenvalue weighted by Crippen LogP contribution is -2.37. The van der Waals surface area contributed by atoms with Gasteiger partial charge in [0.2, 0.25) is 5.91 Å². The molecule has 148 valence electrons. The fraction of sp³-hybridized carbons (Fsp3) is 0.263. The lowest BCUT2D eigenvalue weighted by Gasteiger charge is -2.19. The molecule has 1 heterocycles. The van der Waals surface area contributed by atoms with Crippen molar-refractivity contribution in [3.8, 4) is 11.5 Å².